The number of hydrogen-bond acceptors (Lipinski definition) is 1. The van der Waals surface area contributed by atoms with Gasteiger partial charge in [0.1, 0.15) is 0 Å². The Bertz CT molecular complexity index is 259. The number of amides is 1. The van der Waals surface area contributed by atoms with Crippen LogP contribution in [-0.4, -0.2) is 28.2 Å². The first kappa shape index (κ1) is 13.4. The third-order valence-electron chi connectivity index (χ3n) is 4.08. The zero-order valence-electron chi connectivity index (χ0n) is 10.8. The molecule has 0 bridgehead atoms. The quantitative estimate of drug-likeness (QED) is 0.709. The highest BCUT2D eigenvalue weighted by Gasteiger charge is 2.35. The minimum atomic E-state index is 0.0340. The molecule has 2 aliphatic rings. The van der Waals surface area contributed by atoms with Crippen molar-refractivity contribution in [2.75, 3.05) is 6.54 Å². The highest BCUT2D eigenvalue weighted by molar-refractivity contribution is 9.10. The van der Waals surface area contributed by atoms with Crippen molar-refractivity contribution in [3.05, 3.63) is 0 Å². The largest absolute Gasteiger partial charge is 0.338 e. The Morgan fingerprint density at radius 1 is 1.24 bits per heavy atom. The van der Waals surface area contributed by atoms with Gasteiger partial charge in [0.2, 0.25) is 5.91 Å². The predicted octanol–water partition coefficient (Wildman–Crippen LogP) is 3.73. The number of nitrogens with zero attached hydrogens (tertiary/aromatic N) is 1. The van der Waals surface area contributed by atoms with Gasteiger partial charge in [-0.05, 0) is 38.0 Å². The molecule has 0 aromatic carbocycles. The van der Waals surface area contributed by atoms with E-state index >= 15 is 0 Å². The molecule has 1 unspecified atom stereocenters. The summed E-state index contributed by atoms with van der Waals surface area (Å²) >= 11 is 3.51. The molecule has 0 saturated heterocycles. The Balaban J connectivity index is 1.89. The highest BCUT2D eigenvalue weighted by Crippen LogP contribution is 2.32. The van der Waals surface area contributed by atoms with Crippen molar-refractivity contribution in [1.29, 1.82) is 0 Å². The monoisotopic (exact) mass is 301 g/mol. The molecular weight excluding hydrogens is 278 g/mol. The van der Waals surface area contributed by atoms with E-state index in [1.54, 1.807) is 0 Å². The van der Waals surface area contributed by atoms with Crippen LogP contribution in [0, 0.1) is 5.92 Å². The van der Waals surface area contributed by atoms with Crippen molar-refractivity contribution in [3.8, 4) is 0 Å². The van der Waals surface area contributed by atoms with Crippen LogP contribution in [0.3, 0.4) is 0 Å². The van der Waals surface area contributed by atoms with E-state index in [2.05, 4.69) is 27.8 Å². The molecule has 0 N–H and O–H groups in total. The molecule has 2 rings (SSSR count). The van der Waals surface area contributed by atoms with Gasteiger partial charge in [0.15, 0.2) is 0 Å². The maximum Gasteiger partial charge on any atom is 0.236 e. The summed E-state index contributed by atoms with van der Waals surface area (Å²) in [6, 6.07) is 0.566. The van der Waals surface area contributed by atoms with Gasteiger partial charge in [-0.2, -0.15) is 0 Å². The predicted molar refractivity (Wildman–Crippen MR) is 74.3 cm³/mol. The second kappa shape index (κ2) is 6.21. The van der Waals surface area contributed by atoms with Crippen molar-refractivity contribution >= 4 is 21.8 Å². The van der Waals surface area contributed by atoms with Gasteiger partial charge in [0.05, 0.1) is 4.83 Å². The minimum absolute atomic E-state index is 0.0340. The third-order valence-corrected chi connectivity index (χ3v) is 5.12. The van der Waals surface area contributed by atoms with E-state index in [-0.39, 0.29) is 4.83 Å². The summed E-state index contributed by atoms with van der Waals surface area (Å²) < 4.78 is 0. The van der Waals surface area contributed by atoms with Gasteiger partial charge >= 0.3 is 0 Å². The molecule has 3 heteroatoms. The van der Waals surface area contributed by atoms with Gasteiger partial charge in [-0.15, -0.1) is 0 Å². The average molecular weight is 302 g/mol. The minimum Gasteiger partial charge on any atom is -0.338 e. The number of halogens is 1. The number of carbonyl (C=O) groups is 1. The molecule has 0 radical (unpaired) electrons. The lowest BCUT2D eigenvalue weighted by Gasteiger charge is -2.31. The standard InChI is InChI=1S/C14H24BrNO/c1-2-13(15)14(17)16(12-8-9-12)10-11-6-4-3-5-7-11/h11-13H,2-10H2,1H3. The fourth-order valence-electron chi connectivity index (χ4n) is 2.81. The summed E-state index contributed by atoms with van der Waals surface area (Å²) in [4.78, 5) is 14.5. The van der Waals surface area contributed by atoms with Crippen LogP contribution in [0.15, 0.2) is 0 Å². The zero-order valence-corrected chi connectivity index (χ0v) is 12.4. The van der Waals surface area contributed by atoms with Crippen LogP contribution in [0.2, 0.25) is 0 Å². The Morgan fingerprint density at radius 3 is 2.41 bits per heavy atom. The van der Waals surface area contributed by atoms with Gasteiger partial charge in [-0.3, -0.25) is 4.79 Å². The van der Waals surface area contributed by atoms with Gasteiger partial charge in [0, 0.05) is 12.6 Å². The van der Waals surface area contributed by atoms with Crippen molar-refractivity contribution in [1.82, 2.24) is 4.90 Å². The van der Waals surface area contributed by atoms with E-state index in [0.29, 0.717) is 11.9 Å². The lowest BCUT2D eigenvalue weighted by atomic mass is 9.89. The van der Waals surface area contributed by atoms with Crippen molar-refractivity contribution in [2.24, 2.45) is 5.92 Å². The van der Waals surface area contributed by atoms with E-state index in [1.165, 1.54) is 44.9 Å². The molecule has 0 spiro atoms. The molecule has 0 aromatic rings. The second-order valence-corrected chi connectivity index (χ2v) is 6.71. The summed E-state index contributed by atoms with van der Waals surface area (Å²) in [5, 5.41) is 0. The average Bonchev–Trinajstić information content (AvgIpc) is 3.19. The fourth-order valence-corrected chi connectivity index (χ4v) is 3.07. The highest BCUT2D eigenvalue weighted by atomic mass is 79.9. The van der Waals surface area contributed by atoms with E-state index in [1.807, 2.05) is 0 Å². The summed E-state index contributed by atoms with van der Waals surface area (Å²) in [6.45, 7) is 3.09. The molecule has 2 saturated carbocycles. The second-order valence-electron chi connectivity index (χ2n) is 5.60. The molecule has 2 nitrogen and oxygen atoms in total. The van der Waals surface area contributed by atoms with Crippen molar-refractivity contribution in [2.45, 2.75) is 69.2 Å². The number of hydrogen-bond donors (Lipinski definition) is 0. The van der Waals surface area contributed by atoms with Crippen LogP contribution in [0.25, 0.3) is 0 Å². The SMILES string of the molecule is CCC(Br)C(=O)N(CC1CCCCC1)C1CC1. The summed E-state index contributed by atoms with van der Waals surface area (Å²) in [7, 11) is 0. The fraction of sp³-hybridized carbons (Fsp3) is 0.929. The first-order chi connectivity index (χ1) is 8.22. The maximum atomic E-state index is 12.3. The first-order valence-corrected chi connectivity index (χ1v) is 8.08. The smallest absolute Gasteiger partial charge is 0.236 e. The molecular formula is C14H24BrNO. The number of alkyl halides is 1. The van der Waals surface area contributed by atoms with Crippen molar-refractivity contribution in [3.63, 3.8) is 0 Å². The molecule has 2 aliphatic carbocycles. The number of carbonyl (C=O) groups excluding carboxylic acids is 1. The van der Waals surface area contributed by atoms with Gasteiger partial charge in [-0.1, -0.05) is 42.1 Å². The molecule has 1 amide bonds. The summed E-state index contributed by atoms with van der Waals surface area (Å²) in [5.41, 5.74) is 0. The maximum absolute atomic E-state index is 12.3. The van der Waals surface area contributed by atoms with E-state index < -0.39 is 0 Å². The third kappa shape index (κ3) is 3.70. The first-order valence-electron chi connectivity index (χ1n) is 7.17. The Morgan fingerprint density at radius 2 is 1.88 bits per heavy atom. The van der Waals surface area contributed by atoms with Crippen LogP contribution in [0.5, 0.6) is 0 Å². The molecule has 17 heavy (non-hydrogen) atoms. The van der Waals surface area contributed by atoms with E-state index in [4.69, 9.17) is 0 Å². The lowest BCUT2D eigenvalue weighted by Crippen LogP contribution is -2.41. The normalized spacial score (nSPS) is 23.4. The van der Waals surface area contributed by atoms with Crippen LogP contribution < -0.4 is 0 Å². The van der Waals surface area contributed by atoms with Crippen LogP contribution in [0.1, 0.15) is 58.3 Å². The topological polar surface area (TPSA) is 20.3 Å². The molecule has 2 fully saturated rings. The zero-order chi connectivity index (χ0) is 12.3. The van der Waals surface area contributed by atoms with Gasteiger partial charge < -0.3 is 4.90 Å². The van der Waals surface area contributed by atoms with Crippen LogP contribution in [0.4, 0.5) is 0 Å². The Kier molecular flexibility index (Phi) is 4.89. The Labute approximate surface area is 113 Å². The van der Waals surface area contributed by atoms with Crippen LogP contribution >= 0.6 is 15.9 Å². The summed E-state index contributed by atoms with van der Waals surface area (Å²) in [6.07, 6.45) is 10.1. The van der Waals surface area contributed by atoms with Gasteiger partial charge in [-0.25, -0.2) is 0 Å². The number of rotatable bonds is 5. The van der Waals surface area contributed by atoms with Crippen molar-refractivity contribution < 1.29 is 4.79 Å². The Hall–Kier alpha value is -0.0500. The van der Waals surface area contributed by atoms with E-state index in [0.717, 1.165) is 18.9 Å². The summed E-state index contributed by atoms with van der Waals surface area (Å²) in [5.74, 6) is 1.10. The lowest BCUT2D eigenvalue weighted by molar-refractivity contribution is -0.131. The molecule has 0 heterocycles. The van der Waals surface area contributed by atoms with Gasteiger partial charge in [0.25, 0.3) is 0 Å². The molecule has 1 atom stereocenters. The molecule has 0 aromatic heterocycles. The van der Waals surface area contributed by atoms with Crippen LogP contribution in [-0.2, 0) is 4.79 Å². The van der Waals surface area contributed by atoms with E-state index in [9.17, 15) is 4.79 Å². The molecule has 98 valence electrons. The molecule has 0 aliphatic heterocycles.